The maximum absolute atomic E-state index is 13.6. The van der Waals surface area contributed by atoms with E-state index >= 15 is 0 Å². The van der Waals surface area contributed by atoms with Gasteiger partial charge >= 0.3 is 6.03 Å². The van der Waals surface area contributed by atoms with Crippen molar-refractivity contribution in [2.45, 2.75) is 12.1 Å². The third-order valence-electron chi connectivity index (χ3n) is 4.21. The molecular formula is C18H14ClFN4O3. The second-order valence-electron chi connectivity index (χ2n) is 6.04. The minimum Gasteiger partial charge on any atom is -0.438 e. The van der Waals surface area contributed by atoms with Crippen LogP contribution in [-0.2, 0) is 4.79 Å². The summed E-state index contributed by atoms with van der Waals surface area (Å²) >= 11 is 5.90. The zero-order valence-corrected chi connectivity index (χ0v) is 14.6. The zero-order chi connectivity index (χ0) is 19.0. The van der Waals surface area contributed by atoms with E-state index in [0.717, 1.165) is 0 Å². The second-order valence-corrected chi connectivity index (χ2v) is 6.45. The third kappa shape index (κ3) is 3.43. The molecule has 1 aliphatic rings. The number of carbonyl (C=O) groups is 2. The molecule has 1 saturated heterocycles. The molecule has 2 aromatic carbocycles. The number of oxazole rings is 1. The van der Waals surface area contributed by atoms with Gasteiger partial charge in [0.25, 0.3) is 0 Å². The molecule has 1 unspecified atom stereocenters. The quantitative estimate of drug-likeness (QED) is 0.639. The number of rotatable bonds is 4. The molecule has 138 valence electrons. The van der Waals surface area contributed by atoms with Crippen LogP contribution in [0.1, 0.15) is 17.5 Å². The van der Waals surface area contributed by atoms with Crippen LogP contribution in [0.15, 0.2) is 46.9 Å². The Balaban J connectivity index is 1.71. The largest absolute Gasteiger partial charge is 0.438 e. The van der Waals surface area contributed by atoms with Gasteiger partial charge in [0.15, 0.2) is 5.58 Å². The maximum Gasteiger partial charge on any atom is 0.315 e. The van der Waals surface area contributed by atoms with E-state index < -0.39 is 29.8 Å². The van der Waals surface area contributed by atoms with E-state index in [0.29, 0.717) is 16.7 Å². The summed E-state index contributed by atoms with van der Waals surface area (Å²) in [4.78, 5) is 28.3. The highest BCUT2D eigenvalue weighted by Crippen LogP contribution is 2.28. The Morgan fingerprint density at radius 3 is 2.85 bits per heavy atom. The maximum atomic E-state index is 13.6. The van der Waals surface area contributed by atoms with Gasteiger partial charge in [0, 0.05) is 6.54 Å². The number of hydrogen-bond acceptors (Lipinski definition) is 4. The van der Waals surface area contributed by atoms with Crippen molar-refractivity contribution in [3.63, 3.8) is 0 Å². The van der Waals surface area contributed by atoms with E-state index in [-0.39, 0.29) is 17.5 Å². The van der Waals surface area contributed by atoms with Crippen molar-refractivity contribution >= 4 is 34.6 Å². The highest BCUT2D eigenvalue weighted by molar-refractivity contribution is 6.30. The molecule has 0 bridgehead atoms. The van der Waals surface area contributed by atoms with Crippen LogP contribution in [0.25, 0.3) is 11.1 Å². The molecule has 3 amide bonds. The van der Waals surface area contributed by atoms with E-state index in [9.17, 15) is 14.0 Å². The summed E-state index contributed by atoms with van der Waals surface area (Å²) in [5.41, 5.74) is 1.67. The first kappa shape index (κ1) is 17.3. The fraction of sp³-hybridized carbons (Fsp3) is 0.167. The van der Waals surface area contributed by atoms with Crippen molar-refractivity contribution < 1.29 is 18.4 Å². The summed E-state index contributed by atoms with van der Waals surface area (Å²) in [6, 6.07) is 9.30. The van der Waals surface area contributed by atoms with Crippen LogP contribution >= 0.6 is 11.6 Å². The summed E-state index contributed by atoms with van der Waals surface area (Å²) in [6.45, 7) is 0.162. The number of fused-ring (bicyclic) bond motifs is 1. The predicted molar refractivity (Wildman–Crippen MR) is 95.7 cm³/mol. The zero-order valence-electron chi connectivity index (χ0n) is 13.8. The van der Waals surface area contributed by atoms with Crippen molar-refractivity contribution in [1.29, 1.82) is 0 Å². The lowest BCUT2D eigenvalue weighted by atomic mass is 10.1. The average Bonchev–Trinajstić information content (AvgIpc) is 3.28. The molecule has 1 aliphatic heterocycles. The van der Waals surface area contributed by atoms with E-state index in [1.165, 1.54) is 18.2 Å². The lowest BCUT2D eigenvalue weighted by Gasteiger charge is -2.18. The molecule has 0 aliphatic carbocycles. The SMILES string of the molecule is O=C1NC[C@@H](C(=O)NC(c2ccc(F)c(Cl)c2)c2nc3ccccc3o2)N1. The van der Waals surface area contributed by atoms with E-state index in [4.69, 9.17) is 16.0 Å². The molecule has 2 atom stereocenters. The second kappa shape index (κ2) is 6.88. The fourth-order valence-corrected chi connectivity index (χ4v) is 3.04. The van der Waals surface area contributed by atoms with E-state index in [1.54, 1.807) is 18.2 Å². The standard InChI is InChI=1S/C18H14ClFN4O3/c19-10-7-9(5-6-11(10)20)15(24-16(25)13-8-21-18(26)23-13)17-22-12-3-1-2-4-14(12)27-17/h1-7,13,15H,8H2,(H,24,25)(H2,21,23,26)/t13-,15?/m0/s1. The molecule has 1 aromatic heterocycles. The Morgan fingerprint density at radius 1 is 1.33 bits per heavy atom. The number of nitrogens with one attached hydrogen (secondary N) is 3. The summed E-state index contributed by atoms with van der Waals surface area (Å²) < 4.78 is 19.3. The van der Waals surface area contributed by atoms with Crippen molar-refractivity contribution in [2.75, 3.05) is 6.54 Å². The molecule has 27 heavy (non-hydrogen) atoms. The highest BCUT2D eigenvalue weighted by atomic mass is 35.5. The number of urea groups is 1. The average molecular weight is 389 g/mol. The number of halogens is 2. The normalized spacial score (nSPS) is 17.4. The van der Waals surface area contributed by atoms with Crippen LogP contribution in [0, 0.1) is 5.82 Å². The van der Waals surface area contributed by atoms with Crippen LogP contribution in [0.3, 0.4) is 0 Å². The van der Waals surface area contributed by atoms with Crippen LogP contribution in [0.2, 0.25) is 5.02 Å². The van der Waals surface area contributed by atoms with Crippen LogP contribution in [0.5, 0.6) is 0 Å². The van der Waals surface area contributed by atoms with E-state index in [2.05, 4.69) is 20.9 Å². The molecule has 0 spiro atoms. The summed E-state index contributed by atoms with van der Waals surface area (Å²) in [6.07, 6.45) is 0. The number of nitrogens with zero attached hydrogens (tertiary/aromatic N) is 1. The van der Waals surface area contributed by atoms with Crippen molar-refractivity contribution in [3.8, 4) is 0 Å². The summed E-state index contributed by atoms with van der Waals surface area (Å²) in [5, 5.41) is 7.73. The Kier molecular flexibility index (Phi) is 4.41. The van der Waals surface area contributed by atoms with Crippen LogP contribution in [0.4, 0.5) is 9.18 Å². The Labute approximate surface area is 157 Å². The molecular weight excluding hydrogens is 375 g/mol. The van der Waals surface area contributed by atoms with Gasteiger partial charge in [0.2, 0.25) is 11.8 Å². The molecule has 0 radical (unpaired) electrons. The van der Waals surface area contributed by atoms with Crippen molar-refractivity contribution in [2.24, 2.45) is 0 Å². The first-order chi connectivity index (χ1) is 13.0. The van der Waals surface area contributed by atoms with Crippen LogP contribution < -0.4 is 16.0 Å². The third-order valence-corrected chi connectivity index (χ3v) is 4.50. The molecule has 4 rings (SSSR count). The smallest absolute Gasteiger partial charge is 0.315 e. The first-order valence-electron chi connectivity index (χ1n) is 8.16. The number of para-hydroxylation sites is 2. The van der Waals surface area contributed by atoms with Gasteiger partial charge in [-0.2, -0.15) is 0 Å². The topological polar surface area (TPSA) is 96.3 Å². The van der Waals surface area contributed by atoms with Gasteiger partial charge in [0.05, 0.1) is 5.02 Å². The summed E-state index contributed by atoms with van der Waals surface area (Å²) in [7, 11) is 0. The van der Waals surface area contributed by atoms with Crippen molar-refractivity contribution in [1.82, 2.24) is 20.9 Å². The number of carbonyl (C=O) groups excluding carboxylic acids is 2. The van der Waals surface area contributed by atoms with Crippen molar-refractivity contribution in [3.05, 3.63) is 64.8 Å². The number of benzene rings is 2. The summed E-state index contributed by atoms with van der Waals surface area (Å²) in [5.74, 6) is -0.777. The minimum absolute atomic E-state index is 0.0845. The minimum atomic E-state index is -0.805. The number of aromatic nitrogens is 1. The molecule has 9 heteroatoms. The lowest BCUT2D eigenvalue weighted by molar-refractivity contribution is -0.123. The Bertz CT molecular complexity index is 1010. The van der Waals surface area contributed by atoms with Gasteiger partial charge in [-0.1, -0.05) is 29.8 Å². The molecule has 3 aromatic rings. The molecule has 0 saturated carbocycles. The monoisotopic (exact) mass is 388 g/mol. The van der Waals surface area contributed by atoms with Gasteiger partial charge in [-0.05, 0) is 29.8 Å². The van der Waals surface area contributed by atoms with Gasteiger partial charge < -0.3 is 20.4 Å². The molecule has 2 heterocycles. The van der Waals surface area contributed by atoms with Crippen LogP contribution in [-0.4, -0.2) is 29.5 Å². The van der Waals surface area contributed by atoms with Gasteiger partial charge in [-0.15, -0.1) is 0 Å². The van der Waals surface area contributed by atoms with E-state index in [1.807, 2.05) is 6.07 Å². The molecule has 7 nitrogen and oxygen atoms in total. The highest BCUT2D eigenvalue weighted by Gasteiger charge is 2.31. The predicted octanol–water partition coefficient (Wildman–Crippen LogP) is 2.51. The fourth-order valence-electron chi connectivity index (χ4n) is 2.85. The van der Waals surface area contributed by atoms with Gasteiger partial charge in [-0.25, -0.2) is 14.2 Å². The van der Waals surface area contributed by atoms with Gasteiger partial charge in [-0.3, -0.25) is 4.79 Å². The lowest BCUT2D eigenvalue weighted by Crippen LogP contribution is -2.44. The molecule has 3 N–H and O–H groups in total. The first-order valence-corrected chi connectivity index (χ1v) is 8.54. The Hall–Kier alpha value is -3.13. The number of hydrogen-bond donors (Lipinski definition) is 3. The number of amides is 3. The van der Waals surface area contributed by atoms with Gasteiger partial charge in [0.1, 0.15) is 23.4 Å². The Morgan fingerprint density at radius 2 is 2.15 bits per heavy atom. The molecule has 1 fully saturated rings.